The number of hydrogen-bond donors (Lipinski definition) is 1. The van der Waals surface area contributed by atoms with Gasteiger partial charge in [0, 0.05) is 5.56 Å². The molecule has 8 heteroatoms. The van der Waals surface area contributed by atoms with Gasteiger partial charge >= 0.3 is 0 Å². The van der Waals surface area contributed by atoms with Crippen LogP contribution in [0.1, 0.15) is 11.1 Å². The molecule has 1 aromatic heterocycles. The van der Waals surface area contributed by atoms with Gasteiger partial charge in [-0.3, -0.25) is 10.2 Å². The summed E-state index contributed by atoms with van der Waals surface area (Å²) in [4.78, 5) is 12.5. The van der Waals surface area contributed by atoms with Gasteiger partial charge in [-0.2, -0.15) is 14.9 Å². The summed E-state index contributed by atoms with van der Waals surface area (Å²) in [5, 5.41) is 8.24. The Labute approximate surface area is 188 Å². The molecule has 0 atom stereocenters. The van der Waals surface area contributed by atoms with Crippen LogP contribution in [0.25, 0.3) is 5.69 Å². The topological polar surface area (TPSA) is 68.5 Å². The quantitative estimate of drug-likeness (QED) is 0.317. The Kier molecular flexibility index (Phi) is 6.57. The van der Waals surface area contributed by atoms with Crippen molar-refractivity contribution in [3.05, 3.63) is 117 Å². The van der Waals surface area contributed by atoms with Gasteiger partial charge in [0.05, 0.1) is 18.1 Å². The van der Waals surface area contributed by atoms with E-state index in [1.165, 1.54) is 16.9 Å². The van der Waals surface area contributed by atoms with Crippen LogP contribution in [0.15, 0.2) is 95.0 Å². The Morgan fingerprint density at radius 2 is 1.84 bits per heavy atom. The van der Waals surface area contributed by atoms with Crippen LogP contribution in [0, 0.1) is 5.82 Å². The summed E-state index contributed by atoms with van der Waals surface area (Å²) in [7, 11) is 0. The lowest BCUT2D eigenvalue weighted by molar-refractivity contribution is 0.300. The molecule has 0 spiro atoms. The molecule has 32 heavy (non-hydrogen) atoms. The Balaban J connectivity index is 1.43. The van der Waals surface area contributed by atoms with Crippen LogP contribution in [0.5, 0.6) is 5.75 Å². The molecule has 4 aromatic rings. The summed E-state index contributed by atoms with van der Waals surface area (Å²) in [5.41, 5.74) is 4.39. The lowest BCUT2D eigenvalue weighted by Gasteiger charge is -2.08. The van der Waals surface area contributed by atoms with E-state index in [1.54, 1.807) is 54.7 Å². The minimum absolute atomic E-state index is 0.0250. The van der Waals surface area contributed by atoms with Crippen molar-refractivity contribution in [2.75, 3.05) is 5.43 Å². The van der Waals surface area contributed by atoms with Gasteiger partial charge in [-0.1, -0.05) is 60.1 Å². The number of hydrazone groups is 1. The second-order valence-electron chi connectivity index (χ2n) is 6.75. The second kappa shape index (κ2) is 9.89. The second-order valence-corrected chi connectivity index (χ2v) is 7.13. The standard InChI is InChI=1S/C24H18ClFN4O2/c25-23-22(15-28-30(24(23)31)19-9-2-1-3-10-19)29-27-14-17-7-6-11-20(13-17)32-16-18-8-4-5-12-21(18)26/h1-15,29H,16H2/b27-14+. The van der Waals surface area contributed by atoms with Crippen molar-refractivity contribution in [2.24, 2.45) is 5.10 Å². The first-order chi connectivity index (χ1) is 15.6. The van der Waals surface area contributed by atoms with Gasteiger partial charge in [0.1, 0.15) is 28.9 Å². The molecule has 1 heterocycles. The average molecular weight is 449 g/mol. The summed E-state index contributed by atoms with van der Waals surface area (Å²) in [6.07, 6.45) is 2.98. The molecule has 0 aliphatic rings. The number of hydrogen-bond acceptors (Lipinski definition) is 5. The van der Waals surface area contributed by atoms with Crippen LogP contribution in [0.3, 0.4) is 0 Å². The van der Waals surface area contributed by atoms with Crippen LogP contribution in [0.2, 0.25) is 5.02 Å². The molecule has 0 amide bonds. The van der Waals surface area contributed by atoms with Crippen LogP contribution >= 0.6 is 11.6 Å². The Bertz CT molecular complexity index is 1310. The lowest BCUT2D eigenvalue weighted by atomic mass is 10.2. The Morgan fingerprint density at radius 3 is 2.66 bits per heavy atom. The number of para-hydroxylation sites is 1. The third-order valence-corrected chi connectivity index (χ3v) is 4.89. The minimum atomic E-state index is -0.457. The molecule has 0 aliphatic heterocycles. The van der Waals surface area contributed by atoms with Gasteiger partial charge in [0.25, 0.3) is 5.56 Å². The first kappa shape index (κ1) is 21.3. The van der Waals surface area contributed by atoms with Crippen LogP contribution in [0.4, 0.5) is 10.1 Å². The molecule has 4 rings (SSSR count). The van der Waals surface area contributed by atoms with Crippen molar-refractivity contribution in [2.45, 2.75) is 6.61 Å². The minimum Gasteiger partial charge on any atom is -0.489 e. The molecule has 3 aromatic carbocycles. The third kappa shape index (κ3) is 5.01. The van der Waals surface area contributed by atoms with Gasteiger partial charge in [-0.05, 0) is 35.9 Å². The Hall–Kier alpha value is -3.97. The first-order valence-electron chi connectivity index (χ1n) is 9.70. The van der Waals surface area contributed by atoms with Crippen LogP contribution < -0.4 is 15.7 Å². The van der Waals surface area contributed by atoms with E-state index in [4.69, 9.17) is 16.3 Å². The summed E-state index contributed by atoms with van der Waals surface area (Å²) in [6, 6.07) is 22.6. The molecule has 0 saturated heterocycles. The molecule has 0 fully saturated rings. The fourth-order valence-corrected chi connectivity index (χ4v) is 3.07. The van der Waals surface area contributed by atoms with E-state index in [0.29, 0.717) is 17.0 Å². The van der Waals surface area contributed by atoms with Crippen molar-refractivity contribution in [3.63, 3.8) is 0 Å². The number of anilines is 1. The van der Waals surface area contributed by atoms with E-state index < -0.39 is 5.56 Å². The monoisotopic (exact) mass is 448 g/mol. The van der Waals surface area contributed by atoms with E-state index in [-0.39, 0.29) is 23.1 Å². The third-order valence-electron chi connectivity index (χ3n) is 4.53. The molecule has 6 nitrogen and oxygen atoms in total. The first-order valence-corrected chi connectivity index (χ1v) is 10.1. The molecule has 0 unspecified atom stereocenters. The van der Waals surface area contributed by atoms with Crippen molar-refractivity contribution in [1.82, 2.24) is 9.78 Å². The number of benzene rings is 3. The zero-order valence-electron chi connectivity index (χ0n) is 16.8. The predicted octanol–water partition coefficient (Wildman–Crippen LogP) is 5.05. The smallest absolute Gasteiger partial charge is 0.292 e. The van der Waals surface area contributed by atoms with Gasteiger partial charge in [-0.25, -0.2) is 4.39 Å². The molecule has 1 N–H and O–H groups in total. The molecule has 160 valence electrons. The molecule has 0 radical (unpaired) electrons. The zero-order valence-corrected chi connectivity index (χ0v) is 17.5. The number of halogens is 2. The number of nitrogens with one attached hydrogen (secondary N) is 1. The van der Waals surface area contributed by atoms with E-state index in [1.807, 2.05) is 24.3 Å². The van der Waals surface area contributed by atoms with Crippen molar-refractivity contribution in [3.8, 4) is 11.4 Å². The maximum atomic E-state index is 13.7. The molecule has 0 aliphatic carbocycles. The summed E-state index contributed by atoms with van der Waals surface area (Å²) >= 11 is 6.21. The Morgan fingerprint density at radius 1 is 1.06 bits per heavy atom. The zero-order chi connectivity index (χ0) is 22.3. The normalized spacial score (nSPS) is 10.9. The summed E-state index contributed by atoms with van der Waals surface area (Å²) < 4.78 is 20.6. The van der Waals surface area contributed by atoms with Crippen LogP contribution in [-0.2, 0) is 6.61 Å². The number of nitrogens with zero attached hydrogens (tertiary/aromatic N) is 3. The number of aromatic nitrogens is 2. The summed E-state index contributed by atoms with van der Waals surface area (Å²) in [5.74, 6) is 0.261. The van der Waals surface area contributed by atoms with E-state index in [2.05, 4.69) is 15.6 Å². The van der Waals surface area contributed by atoms with Crippen LogP contribution in [-0.4, -0.2) is 16.0 Å². The average Bonchev–Trinajstić information content (AvgIpc) is 2.82. The lowest BCUT2D eigenvalue weighted by Crippen LogP contribution is -2.22. The maximum absolute atomic E-state index is 13.7. The molecule has 0 bridgehead atoms. The molecule has 0 saturated carbocycles. The maximum Gasteiger partial charge on any atom is 0.292 e. The number of rotatable bonds is 7. The fraction of sp³-hybridized carbons (Fsp3) is 0.0417. The van der Waals surface area contributed by atoms with Crippen molar-refractivity contribution >= 4 is 23.5 Å². The summed E-state index contributed by atoms with van der Waals surface area (Å²) in [6.45, 7) is 0.116. The highest BCUT2D eigenvalue weighted by Crippen LogP contribution is 2.18. The van der Waals surface area contributed by atoms with E-state index >= 15 is 0 Å². The largest absolute Gasteiger partial charge is 0.489 e. The van der Waals surface area contributed by atoms with Gasteiger partial charge in [0.2, 0.25) is 0 Å². The van der Waals surface area contributed by atoms with Crippen molar-refractivity contribution < 1.29 is 9.13 Å². The molecular formula is C24H18ClFN4O2. The SMILES string of the molecule is O=c1c(Cl)c(N/N=C/c2cccc(OCc3ccccc3F)c2)cnn1-c1ccccc1. The highest BCUT2D eigenvalue weighted by Gasteiger charge is 2.10. The number of ether oxygens (including phenoxy) is 1. The van der Waals surface area contributed by atoms with Gasteiger partial charge in [0.15, 0.2) is 0 Å². The predicted molar refractivity (Wildman–Crippen MR) is 123 cm³/mol. The molecular weight excluding hydrogens is 431 g/mol. The van der Waals surface area contributed by atoms with Crippen molar-refractivity contribution in [1.29, 1.82) is 0 Å². The highest BCUT2D eigenvalue weighted by molar-refractivity contribution is 6.32. The van der Waals surface area contributed by atoms with E-state index in [0.717, 1.165) is 5.56 Å². The fourth-order valence-electron chi connectivity index (χ4n) is 2.90. The van der Waals surface area contributed by atoms with Gasteiger partial charge < -0.3 is 4.74 Å². The highest BCUT2D eigenvalue weighted by atomic mass is 35.5. The van der Waals surface area contributed by atoms with E-state index in [9.17, 15) is 9.18 Å². The van der Waals surface area contributed by atoms with Gasteiger partial charge in [-0.15, -0.1) is 0 Å².